The number of piperazine rings is 1. The van der Waals surface area contributed by atoms with Gasteiger partial charge >= 0.3 is 0 Å². The van der Waals surface area contributed by atoms with Gasteiger partial charge in [0.05, 0.1) is 11.8 Å². The molecular formula is C21H28N4O3. The van der Waals surface area contributed by atoms with E-state index in [1.54, 1.807) is 12.1 Å². The monoisotopic (exact) mass is 384 g/mol. The molecule has 2 heterocycles. The van der Waals surface area contributed by atoms with E-state index in [1.807, 2.05) is 24.4 Å². The molecule has 7 nitrogen and oxygen atoms in total. The third-order valence-corrected chi connectivity index (χ3v) is 5.01. The summed E-state index contributed by atoms with van der Waals surface area (Å²) in [5.41, 5.74) is 1.02. The van der Waals surface area contributed by atoms with Crippen molar-refractivity contribution in [2.24, 2.45) is 0 Å². The van der Waals surface area contributed by atoms with E-state index in [-0.39, 0.29) is 11.7 Å². The number of pyridine rings is 1. The summed E-state index contributed by atoms with van der Waals surface area (Å²) < 4.78 is 0. The summed E-state index contributed by atoms with van der Waals surface area (Å²) in [6.07, 6.45) is 2.71. The highest BCUT2D eigenvalue weighted by Gasteiger charge is 2.18. The molecule has 1 aromatic carbocycles. The lowest BCUT2D eigenvalue weighted by molar-refractivity contribution is -0.114. The molecule has 3 N–H and O–H groups in total. The number of benzene rings is 1. The van der Waals surface area contributed by atoms with Crippen LogP contribution in [0.3, 0.4) is 0 Å². The highest BCUT2D eigenvalue weighted by molar-refractivity contribution is 5.90. The highest BCUT2D eigenvalue weighted by atomic mass is 16.3. The van der Waals surface area contributed by atoms with Crippen LogP contribution in [0.2, 0.25) is 0 Å². The quantitative estimate of drug-likeness (QED) is 0.635. The molecule has 0 aliphatic carbocycles. The molecule has 1 unspecified atom stereocenters. The summed E-state index contributed by atoms with van der Waals surface area (Å²) in [5.74, 6) is 0.767. The molecule has 0 bridgehead atoms. The smallest absolute Gasteiger partial charge is 0.221 e. The van der Waals surface area contributed by atoms with Gasteiger partial charge in [0.15, 0.2) is 0 Å². The number of hydrogen-bond donors (Lipinski definition) is 3. The van der Waals surface area contributed by atoms with E-state index in [4.69, 9.17) is 0 Å². The highest BCUT2D eigenvalue weighted by Crippen LogP contribution is 2.28. The molecule has 1 saturated heterocycles. The number of anilines is 2. The molecule has 28 heavy (non-hydrogen) atoms. The van der Waals surface area contributed by atoms with Crippen LogP contribution >= 0.6 is 0 Å². The zero-order valence-corrected chi connectivity index (χ0v) is 16.2. The predicted octanol–water partition coefficient (Wildman–Crippen LogP) is 2.38. The van der Waals surface area contributed by atoms with Gasteiger partial charge in [-0.2, -0.15) is 0 Å². The van der Waals surface area contributed by atoms with Gasteiger partial charge in [0.1, 0.15) is 11.6 Å². The minimum atomic E-state index is -0.622. The van der Waals surface area contributed by atoms with Crippen molar-refractivity contribution in [1.82, 2.24) is 9.88 Å². The maximum atomic E-state index is 11.2. The third-order valence-electron chi connectivity index (χ3n) is 5.01. The maximum absolute atomic E-state index is 11.2. The van der Waals surface area contributed by atoms with E-state index in [9.17, 15) is 15.0 Å². The summed E-state index contributed by atoms with van der Waals surface area (Å²) in [6.45, 7) is 6.20. The zero-order valence-electron chi connectivity index (χ0n) is 16.2. The molecular weight excluding hydrogens is 356 g/mol. The van der Waals surface area contributed by atoms with Gasteiger partial charge in [0.2, 0.25) is 5.91 Å². The first-order chi connectivity index (χ1) is 13.5. The number of aliphatic hydroxyl groups is 1. The van der Waals surface area contributed by atoms with Crippen LogP contribution in [0.15, 0.2) is 42.6 Å². The summed E-state index contributed by atoms with van der Waals surface area (Å²) in [5, 5.41) is 22.8. The van der Waals surface area contributed by atoms with Crippen molar-refractivity contribution < 1.29 is 15.0 Å². The molecule has 1 aliphatic heterocycles. The Morgan fingerprint density at radius 1 is 1.21 bits per heavy atom. The van der Waals surface area contributed by atoms with Gasteiger partial charge in [-0.3, -0.25) is 9.69 Å². The number of phenols is 1. The molecule has 2 aromatic rings. The number of aromatic hydroxyl groups is 1. The summed E-state index contributed by atoms with van der Waals surface area (Å²) in [4.78, 5) is 20.3. The number of nitrogens with one attached hydrogen (secondary N) is 1. The third kappa shape index (κ3) is 5.43. The number of aromatic nitrogens is 1. The van der Waals surface area contributed by atoms with E-state index in [0.29, 0.717) is 17.7 Å². The molecule has 1 atom stereocenters. The first-order valence-electron chi connectivity index (χ1n) is 9.70. The van der Waals surface area contributed by atoms with Crippen LogP contribution in [0.25, 0.3) is 0 Å². The van der Waals surface area contributed by atoms with Gasteiger partial charge in [-0.05, 0) is 49.2 Å². The topological polar surface area (TPSA) is 88.9 Å². The summed E-state index contributed by atoms with van der Waals surface area (Å²) >= 11 is 0. The van der Waals surface area contributed by atoms with Crippen molar-refractivity contribution in [3.05, 3.63) is 48.2 Å². The Kier molecular flexibility index (Phi) is 6.84. The Morgan fingerprint density at radius 3 is 2.68 bits per heavy atom. The van der Waals surface area contributed by atoms with Crippen molar-refractivity contribution in [1.29, 1.82) is 0 Å². The molecule has 1 aromatic heterocycles. The normalized spacial score (nSPS) is 16.0. The Morgan fingerprint density at radius 2 is 2.00 bits per heavy atom. The van der Waals surface area contributed by atoms with Crippen LogP contribution in [-0.2, 0) is 4.79 Å². The Balaban J connectivity index is 1.43. The number of nitrogens with zero attached hydrogens (tertiary/aromatic N) is 3. The fourth-order valence-corrected chi connectivity index (χ4v) is 3.47. The molecule has 150 valence electrons. The van der Waals surface area contributed by atoms with Crippen molar-refractivity contribution in [3.63, 3.8) is 0 Å². The van der Waals surface area contributed by atoms with Crippen molar-refractivity contribution in [2.45, 2.75) is 25.9 Å². The van der Waals surface area contributed by atoms with Gasteiger partial charge in [0.25, 0.3) is 0 Å². The van der Waals surface area contributed by atoms with Crippen molar-refractivity contribution in [3.8, 4) is 5.75 Å². The first kappa shape index (κ1) is 20.1. The largest absolute Gasteiger partial charge is 0.506 e. The van der Waals surface area contributed by atoms with Gasteiger partial charge in [-0.15, -0.1) is 0 Å². The lowest BCUT2D eigenvalue weighted by Crippen LogP contribution is -2.46. The van der Waals surface area contributed by atoms with Crippen LogP contribution in [0.5, 0.6) is 5.75 Å². The zero-order chi connectivity index (χ0) is 19.9. The molecule has 7 heteroatoms. The molecule has 1 aliphatic rings. The number of rotatable bonds is 7. The minimum absolute atomic E-state index is 0.00285. The van der Waals surface area contributed by atoms with Crippen LogP contribution in [-0.4, -0.2) is 58.7 Å². The maximum Gasteiger partial charge on any atom is 0.221 e. The van der Waals surface area contributed by atoms with E-state index >= 15 is 0 Å². The van der Waals surface area contributed by atoms with E-state index in [2.05, 4.69) is 20.1 Å². The van der Waals surface area contributed by atoms with Crippen molar-refractivity contribution >= 4 is 17.4 Å². The van der Waals surface area contributed by atoms with Crippen LogP contribution < -0.4 is 10.2 Å². The standard InChI is InChI=1S/C21H28N4O3/c1-16(26)23-18-15-17(7-8-20(18)28)19(27)5-4-10-24-11-13-25(14-12-24)21-6-2-3-9-22-21/h2-3,6-9,15,19,27-28H,4-5,10-14H2,1H3,(H,23,26). The average molecular weight is 384 g/mol. The molecule has 0 spiro atoms. The molecule has 3 rings (SSSR count). The summed E-state index contributed by atoms with van der Waals surface area (Å²) in [6, 6.07) is 10.8. The van der Waals surface area contributed by atoms with Gasteiger partial charge in [-0.1, -0.05) is 12.1 Å². The molecule has 1 amide bonds. The van der Waals surface area contributed by atoms with E-state index in [0.717, 1.165) is 45.0 Å². The van der Waals surface area contributed by atoms with E-state index in [1.165, 1.54) is 13.0 Å². The van der Waals surface area contributed by atoms with Crippen molar-refractivity contribution in [2.75, 3.05) is 42.9 Å². The van der Waals surface area contributed by atoms with Gasteiger partial charge < -0.3 is 20.4 Å². The van der Waals surface area contributed by atoms with Crippen LogP contribution in [0.4, 0.5) is 11.5 Å². The Hall–Kier alpha value is -2.64. The van der Waals surface area contributed by atoms with Gasteiger partial charge in [-0.25, -0.2) is 4.98 Å². The fraction of sp³-hybridized carbons (Fsp3) is 0.429. The molecule has 0 radical (unpaired) electrons. The average Bonchev–Trinajstić information content (AvgIpc) is 2.70. The summed E-state index contributed by atoms with van der Waals surface area (Å²) in [7, 11) is 0. The lowest BCUT2D eigenvalue weighted by Gasteiger charge is -2.35. The number of aliphatic hydroxyl groups excluding tert-OH is 1. The van der Waals surface area contributed by atoms with Crippen LogP contribution in [0, 0.1) is 0 Å². The second kappa shape index (κ2) is 9.52. The van der Waals surface area contributed by atoms with E-state index < -0.39 is 6.10 Å². The predicted molar refractivity (Wildman–Crippen MR) is 109 cm³/mol. The number of phenolic OH excluding ortho intramolecular Hbond substituents is 1. The number of carbonyl (C=O) groups is 1. The lowest BCUT2D eigenvalue weighted by atomic mass is 10.0. The second-order valence-corrected chi connectivity index (χ2v) is 7.13. The van der Waals surface area contributed by atoms with Crippen LogP contribution in [0.1, 0.15) is 31.4 Å². The second-order valence-electron chi connectivity index (χ2n) is 7.13. The number of hydrogen-bond acceptors (Lipinski definition) is 6. The Labute approximate surface area is 165 Å². The van der Waals surface area contributed by atoms with Gasteiger partial charge in [0, 0.05) is 39.3 Å². The Bertz CT molecular complexity index is 776. The molecule has 0 saturated carbocycles. The first-order valence-corrected chi connectivity index (χ1v) is 9.70. The number of carbonyl (C=O) groups excluding carboxylic acids is 1. The number of amides is 1. The SMILES string of the molecule is CC(=O)Nc1cc(C(O)CCCN2CCN(c3ccccn3)CC2)ccc1O. The minimum Gasteiger partial charge on any atom is -0.506 e. The fourth-order valence-electron chi connectivity index (χ4n) is 3.47. The molecule has 1 fully saturated rings.